The molecule has 0 unspecified atom stereocenters. The van der Waals surface area contributed by atoms with Crippen LogP contribution in [0.4, 0.5) is 0 Å². The van der Waals surface area contributed by atoms with Crippen molar-refractivity contribution in [1.29, 1.82) is 0 Å². The van der Waals surface area contributed by atoms with Gasteiger partial charge in [0.2, 0.25) is 0 Å². The lowest BCUT2D eigenvalue weighted by molar-refractivity contribution is 0.207. The van der Waals surface area contributed by atoms with Gasteiger partial charge >= 0.3 is 0 Å². The van der Waals surface area contributed by atoms with Crippen molar-refractivity contribution in [3.8, 4) is 5.75 Å². The van der Waals surface area contributed by atoms with Gasteiger partial charge in [0, 0.05) is 15.4 Å². The summed E-state index contributed by atoms with van der Waals surface area (Å²) >= 11 is 7.08. The topological polar surface area (TPSA) is 9.23 Å². The largest absolute Gasteiger partial charge is 0.493 e. The van der Waals surface area contributed by atoms with Crippen LogP contribution in [0.5, 0.6) is 5.75 Å². The Morgan fingerprint density at radius 2 is 1.94 bits per heavy atom. The number of benzene rings is 1. The van der Waals surface area contributed by atoms with Gasteiger partial charge in [0.1, 0.15) is 5.75 Å². The molecule has 0 heterocycles. The Hall–Kier alpha value is -0.0200. The first-order valence-corrected chi connectivity index (χ1v) is 8.60. The Labute approximate surface area is 127 Å². The zero-order valence-electron chi connectivity index (χ0n) is 10.8. The van der Waals surface area contributed by atoms with Crippen LogP contribution in [0.1, 0.15) is 43.2 Å². The molecule has 18 heavy (non-hydrogen) atoms. The van der Waals surface area contributed by atoms with Gasteiger partial charge in [-0.05, 0) is 43.4 Å². The summed E-state index contributed by atoms with van der Waals surface area (Å²) in [5.41, 5.74) is 2.45. The summed E-state index contributed by atoms with van der Waals surface area (Å²) in [5.74, 6) is 1.82. The van der Waals surface area contributed by atoms with Crippen molar-refractivity contribution in [3.63, 3.8) is 0 Å². The fourth-order valence-corrected chi connectivity index (χ4v) is 3.70. The first-order chi connectivity index (χ1) is 8.70. The Kier molecular flexibility index (Phi) is 5.56. The van der Waals surface area contributed by atoms with Crippen molar-refractivity contribution in [2.24, 2.45) is 5.92 Å². The summed E-state index contributed by atoms with van der Waals surface area (Å²) in [7, 11) is 0. The van der Waals surface area contributed by atoms with E-state index in [1.54, 1.807) is 0 Å². The van der Waals surface area contributed by atoms with E-state index in [-0.39, 0.29) is 0 Å². The van der Waals surface area contributed by atoms with E-state index in [0.717, 1.165) is 28.1 Å². The average molecular weight is 376 g/mol. The van der Waals surface area contributed by atoms with E-state index < -0.39 is 0 Å². The molecule has 1 aliphatic carbocycles. The molecule has 1 aliphatic rings. The van der Waals surface area contributed by atoms with Crippen LogP contribution in [-0.4, -0.2) is 6.61 Å². The van der Waals surface area contributed by atoms with E-state index in [0.29, 0.717) is 0 Å². The van der Waals surface area contributed by atoms with Crippen LogP contribution in [0.25, 0.3) is 0 Å². The molecule has 1 nitrogen and oxygen atoms in total. The first-order valence-electron chi connectivity index (χ1n) is 6.68. The summed E-state index contributed by atoms with van der Waals surface area (Å²) in [6.07, 6.45) is 6.82. The molecular formula is C15H20Br2O. The summed E-state index contributed by atoms with van der Waals surface area (Å²) in [6.45, 7) is 3.00. The second-order valence-corrected chi connectivity index (χ2v) is 6.64. The Balaban J connectivity index is 2.03. The third kappa shape index (κ3) is 3.74. The molecule has 100 valence electrons. The minimum Gasteiger partial charge on any atom is -0.493 e. The van der Waals surface area contributed by atoms with Crippen LogP contribution < -0.4 is 4.74 Å². The molecule has 0 atom stereocenters. The number of rotatable bonds is 4. The maximum absolute atomic E-state index is 6.10. The third-order valence-electron chi connectivity index (χ3n) is 3.65. The molecule has 1 aromatic carbocycles. The van der Waals surface area contributed by atoms with E-state index in [4.69, 9.17) is 4.74 Å². The molecule has 0 radical (unpaired) electrons. The molecule has 1 aromatic rings. The molecule has 1 fully saturated rings. The minimum absolute atomic E-state index is 0.755. The predicted octanol–water partition coefficient (Wildman–Crippen LogP) is 5.61. The maximum Gasteiger partial charge on any atom is 0.126 e. The number of alkyl halides is 1. The molecule has 3 heteroatoms. The Bertz CT molecular complexity index is 398. The normalized spacial score (nSPS) is 16.8. The first kappa shape index (κ1) is 14.4. The molecule has 0 amide bonds. The standard InChI is InChI=1S/C15H20Br2O/c1-11-7-14(17)8-13(9-16)15(11)18-10-12-5-3-2-4-6-12/h7-8,12H,2-6,9-10H2,1H3. The lowest BCUT2D eigenvalue weighted by Gasteiger charge is -2.23. The summed E-state index contributed by atoms with van der Waals surface area (Å²) in [6, 6.07) is 4.26. The van der Waals surface area contributed by atoms with Crippen LogP contribution in [-0.2, 0) is 5.33 Å². The van der Waals surface area contributed by atoms with Gasteiger partial charge in [0.15, 0.2) is 0 Å². The van der Waals surface area contributed by atoms with Crippen molar-refractivity contribution in [2.75, 3.05) is 6.61 Å². The monoisotopic (exact) mass is 374 g/mol. The van der Waals surface area contributed by atoms with E-state index in [2.05, 4.69) is 50.9 Å². The lowest BCUT2D eigenvalue weighted by Crippen LogP contribution is -2.16. The number of ether oxygens (including phenoxy) is 1. The molecular weight excluding hydrogens is 356 g/mol. The molecule has 0 spiro atoms. The van der Waals surface area contributed by atoms with Crippen molar-refractivity contribution in [3.05, 3.63) is 27.7 Å². The predicted molar refractivity (Wildman–Crippen MR) is 83.6 cm³/mol. The molecule has 0 N–H and O–H groups in total. The molecule has 0 bridgehead atoms. The quantitative estimate of drug-likeness (QED) is 0.621. The van der Waals surface area contributed by atoms with Gasteiger partial charge in [-0.1, -0.05) is 51.1 Å². The van der Waals surface area contributed by atoms with Gasteiger partial charge < -0.3 is 4.74 Å². The van der Waals surface area contributed by atoms with Crippen molar-refractivity contribution < 1.29 is 4.74 Å². The van der Waals surface area contributed by atoms with Crippen LogP contribution >= 0.6 is 31.9 Å². The second-order valence-electron chi connectivity index (χ2n) is 5.16. The zero-order valence-corrected chi connectivity index (χ0v) is 14.0. The van der Waals surface area contributed by atoms with Crippen molar-refractivity contribution >= 4 is 31.9 Å². The fraction of sp³-hybridized carbons (Fsp3) is 0.600. The molecule has 1 saturated carbocycles. The van der Waals surface area contributed by atoms with Gasteiger partial charge in [-0.3, -0.25) is 0 Å². The van der Waals surface area contributed by atoms with Crippen molar-refractivity contribution in [1.82, 2.24) is 0 Å². The highest BCUT2D eigenvalue weighted by Gasteiger charge is 2.15. The van der Waals surface area contributed by atoms with Crippen LogP contribution in [0, 0.1) is 12.8 Å². The van der Waals surface area contributed by atoms with Gasteiger partial charge in [-0.15, -0.1) is 0 Å². The van der Waals surface area contributed by atoms with Gasteiger partial charge in [0.25, 0.3) is 0 Å². The maximum atomic E-state index is 6.10. The fourth-order valence-electron chi connectivity index (χ4n) is 2.66. The second kappa shape index (κ2) is 6.95. The molecule has 0 aromatic heterocycles. The molecule has 0 saturated heterocycles. The molecule has 2 rings (SSSR count). The van der Waals surface area contributed by atoms with E-state index in [1.165, 1.54) is 43.2 Å². The van der Waals surface area contributed by atoms with Crippen LogP contribution in [0.3, 0.4) is 0 Å². The van der Waals surface area contributed by atoms with Crippen LogP contribution in [0.2, 0.25) is 0 Å². The highest BCUT2D eigenvalue weighted by molar-refractivity contribution is 9.10. The smallest absolute Gasteiger partial charge is 0.126 e. The average Bonchev–Trinajstić information content (AvgIpc) is 2.38. The summed E-state index contributed by atoms with van der Waals surface area (Å²) < 4.78 is 7.23. The van der Waals surface area contributed by atoms with E-state index >= 15 is 0 Å². The van der Waals surface area contributed by atoms with Gasteiger partial charge in [-0.2, -0.15) is 0 Å². The van der Waals surface area contributed by atoms with E-state index in [1.807, 2.05) is 0 Å². The number of hydrogen-bond donors (Lipinski definition) is 0. The SMILES string of the molecule is Cc1cc(Br)cc(CBr)c1OCC1CCCCC1. The number of halogens is 2. The van der Waals surface area contributed by atoms with Gasteiger partial charge in [0.05, 0.1) is 6.61 Å². The van der Waals surface area contributed by atoms with Gasteiger partial charge in [-0.25, -0.2) is 0 Å². The zero-order chi connectivity index (χ0) is 13.0. The van der Waals surface area contributed by atoms with Crippen molar-refractivity contribution in [2.45, 2.75) is 44.4 Å². The molecule has 0 aliphatic heterocycles. The number of hydrogen-bond acceptors (Lipinski definition) is 1. The third-order valence-corrected chi connectivity index (χ3v) is 4.71. The Morgan fingerprint density at radius 3 is 2.61 bits per heavy atom. The highest BCUT2D eigenvalue weighted by Crippen LogP contribution is 2.31. The van der Waals surface area contributed by atoms with E-state index in [9.17, 15) is 0 Å². The Morgan fingerprint density at radius 1 is 1.22 bits per heavy atom. The summed E-state index contributed by atoms with van der Waals surface area (Å²) in [4.78, 5) is 0. The van der Waals surface area contributed by atoms with Crippen LogP contribution in [0.15, 0.2) is 16.6 Å². The lowest BCUT2D eigenvalue weighted by atomic mass is 9.90. The number of aryl methyl sites for hydroxylation is 1. The summed E-state index contributed by atoms with van der Waals surface area (Å²) in [5, 5.41) is 0.841. The highest BCUT2D eigenvalue weighted by atomic mass is 79.9. The minimum atomic E-state index is 0.755.